The van der Waals surface area contributed by atoms with Crippen molar-refractivity contribution in [1.82, 2.24) is 0 Å². The van der Waals surface area contributed by atoms with E-state index < -0.39 is 0 Å². The van der Waals surface area contributed by atoms with Crippen molar-refractivity contribution in [3.8, 4) is 11.5 Å². The van der Waals surface area contributed by atoms with Crippen molar-refractivity contribution in [3.05, 3.63) is 51.7 Å². The zero-order chi connectivity index (χ0) is 15.4. The highest BCUT2D eigenvalue weighted by atomic mass is 16.5. The van der Waals surface area contributed by atoms with Crippen LogP contribution in [0.4, 0.5) is 0 Å². The van der Waals surface area contributed by atoms with Crippen molar-refractivity contribution in [1.29, 1.82) is 0 Å². The summed E-state index contributed by atoms with van der Waals surface area (Å²) < 4.78 is 17.4. The molecule has 23 heavy (non-hydrogen) atoms. The third kappa shape index (κ3) is 1.81. The maximum atomic E-state index is 12.9. The predicted molar refractivity (Wildman–Crippen MR) is 88.3 cm³/mol. The molecule has 1 aromatic heterocycles. The van der Waals surface area contributed by atoms with Crippen molar-refractivity contribution in [3.63, 3.8) is 0 Å². The highest BCUT2D eigenvalue weighted by Gasteiger charge is 2.19. The molecule has 0 amide bonds. The second kappa shape index (κ2) is 4.62. The Morgan fingerprint density at radius 1 is 1.00 bits per heavy atom. The fourth-order valence-corrected chi connectivity index (χ4v) is 3.37. The van der Waals surface area contributed by atoms with Gasteiger partial charge in [-0.15, -0.1) is 0 Å². The van der Waals surface area contributed by atoms with Crippen LogP contribution in [-0.4, -0.2) is 13.2 Å². The molecule has 2 aromatic carbocycles. The summed E-state index contributed by atoms with van der Waals surface area (Å²) in [5, 5.41) is 1.20. The van der Waals surface area contributed by atoms with Crippen molar-refractivity contribution >= 4 is 28.0 Å². The molecule has 0 saturated heterocycles. The van der Waals surface area contributed by atoms with Gasteiger partial charge in [0.05, 0.1) is 17.4 Å². The van der Waals surface area contributed by atoms with E-state index in [9.17, 15) is 4.79 Å². The van der Waals surface area contributed by atoms with Crippen molar-refractivity contribution < 1.29 is 13.9 Å². The van der Waals surface area contributed by atoms with Crippen LogP contribution in [-0.2, 0) is 6.42 Å². The van der Waals surface area contributed by atoms with Crippen LogP contribution in [0.2, 0.25) is 0 Å². The number of hydrogen-bond acceptors (Lipinski definition) is 4. The second-order valence-electron chi connectivity index (χ2n) is 5.90. The summed E-state index contributed by atoms with van der Waals surface area (Å²) in [7, 11) is 0. The molecule has 114 valence electrons. The minimum atomic E-state index is -0.00334. The van der Waals surface area contributed by atoms with Gasteiger partial charge in [0.15, 0.2) is 0 Å². The van der Waals surface area contributed by atoms with Gasteiger partial charge < -0.3 is 13.9 Å². The third-order valence-electron chi connectivity index (χ3n) is 4.49. The quantitative estimate of drug-likeness (QED) is 0.595. The molecule has 3 aromatic rings. The molecule has 0 radical (unpaired) electrons. The molecule has 4 heteroatoms. The van der Waals surface area contributed by atoms with Crippen LogP contribution in [0, 0.1) is 0 Å². The average Bonchev–Trinajstić information content (AvgIpc) is 2.60. The zero-order valence-corrected chi connectivity index (χ0v) is 12.4. The van der Waals surface area contributed by atoms with E-state index in [1.165, 1.54) is 0 Å². The molecule has 0 fully saturated rings. The lowest BCUT2D eigenvalue weighted by Crippen LogP contribution is -2.11. The third-order valence-corrected chi connectivity index (χ3v) is 4.49. The Morgan fingerprint density at radius 3 is 2.91 bits per heavy atom. The summed E-state index contributed by atoms with van der Waals surface area (Å²) in [6.45, 7) is 1.25. The normalized spacial score (nSPS) is 15.8. The molecule has 0 atom stereocenters. The predicted octanol–water partition coefficient (Wildman–Crippen LogP) is 3.68. The Hall–Kier alpha value is -2.75. The van der Waals surface area contributed by atoms with Gasteiger partial charge >= 0.3 is 0 Å². The van der Waals surface area contributed by atoms with Crippen LogP contribution < -0.4 is 14.9 Å². The van der Waals surface area contributed by atoms with Crippen LogP contribution in [0.5, 0.6) is 11.5 Å². The minimum Gasteiger partial charge on any atom is -0.493 e. The molecule has 2 aliphatic rings. The summed E-state index contributed by atoms with van der Waals surface area (Å²) in [5.41, 5.74) is 3.11. The van der Waals surface area contributed by atoms with Crippen molar-refractivity contribution in [2.24, 2.45) is 0 Å². The fraction of sp³-hybridized carbons (Fsp3) is 0.211. The second-order valence-corrected chi connectivity index (χ2v) is 5.90. The van der Waals surface area contributed by atoms with E-state index in [1.807, 2.05) is 30.4 Å². The van der Waals surface area contributed by atoms with E-state index in [-0.39, 0.29) is 5.43 Å². The lowest BCUT2D eigenvalue weighted by Gasteiger charge is -2.18. The number of aryl methyl sites for hydroxylation is 1. The maximum absolute atomic E-state index is 12.9. The summed E-state index contributed by atoms with van der Waals surface area (Å²) in [5.74, 6) is 1.58. The van der Waals surface area contributed by atoms with Crippen LogP contribution in [0.1, 0.15) is 17.5 Å². The number of fused-ring (bicyclic) bond motifs is 5. The molecular formula is C19H14O4. The maximum Gasteiger partial charge on any atom is 0.200 e. The first-order valence-corrected chi connectivity index (χ1v) is 7.80. The summed E-state index contributed by atoms with van der Waals surface area (Å²) in [6, 6.07) is 7.34. The van der Waals surface area contributed by atoms with Gasteiger partial charge in [-0.25, -0.2) is 0 Å². The molecule has 0 N–H and O–H groups in total. The molecule has 0 unspecified atom stereocenters. The summed E-state index contributed by atoms with van der Waals surface area (Å²) in [6.07, 6.45) is 5.71. The Morgan fingerprint density at radius 2 is 1.96 bits per heavy atom. The summed E-state index contributed by atoms with van der Waals surface area (Å²) >= 11 is 0. The topological polar surface area (TPSA) is 48.7 Å². The molecule has 4 nitrogen and oxygen atoms in total. The minimum absolute atomic E-state index is 0.00334. The van der Waals surface area contributed by atoms with Crippen LogP contribution in [0.3, 0.4) is 0 Å². The smallest absolute Gasteiger partial charge is 0.200 e. The molecular weight excluding hydrogens is 292 g/mol. The van der Waals surface area contributed by atoms with E-state index in [2.05, 4.69) is 0 Å². The molecule has 2 aliphatic heterocycles. The number of benzene rings is 2. The van der Waals surface area contributed by atoms with E-state index >= 15 is 0 Å². The van der Waals surface area contributed by atoms with E-state index in [1.54, 1.807) is 6.07 Å². The number of hydrogen-bond donors (Lipinski definition) is 0. The molecule has 3 heterocycles. The van der Waals surface area contributed by atoms with E-state index in [0.29, 0.717) is 35.2 Å². The molecule has 0 bridgehead atoms. The van der Waals surface area contributed by atoms with Gasteiger partial charge in [0, 0.05) is 17.2 Å². The molecule has 0 aliphatic carbocycles. The Kier molecular flexibility index (Phi) is 2.56. The van der Waals surface area contributed by atoms with Gasteiger partial charge in [-0.05, 0) is 37.1 Å². The van der Waals surface area contributed by atoms with Gasteiger partial charge in [-0.1, -0.05) is 6.08 Å². The molecule has 5 rings (SSSR count). The first kappa shape index (κ1) is 12.8. The van der Waals surface area contributed by atoms with E-state index in [0.717, 1.165) is 35.5 Å². The molecule has 0 spiro atoms. The Balaban J connectivity index is 1.90. The van der Waals surface area contributed by atoms with Crippen molar-refractivity contribution in [2.45, 2.75) is 12.8 Å². The van der Waals surface area contributed by atoms with Gasteiger partial charge in [0.1, 0.15) is 29.3 Å². The Labute approximate surface area is 131 Å². The highest BCUT2D eigenvalue weighted by Crippen LogP contribution is 2.34. The standard InChI is InChI=1S/C19H14O4/c20-18-13-5-6-15-12(4-2-8-21-15)19(13)23-17-10-16-11(9-14(17)18)3-1-7-22-16/h1,3,5-6,9-10H,2,4,7-8H2. The summed E-state index contributed by atoms with van der Waals surface area (Å²) in [4.78, 5) is 12.9. The fourth-order valence-electron chi connectivity index (χ4n) is 3.37. The Bertz CT molecular complexity index is 1040. The largest absolute Gasteiger partial charge is 0.493 e. The van der Waals surface area contributed by atoms with Gasteiger partial charge in [0.2, 0.25) is 5.43 Å². The van der Waals surface area contributed by atoms with E-state index in [4.69, 9.17) is 13.9 Å². The number of rotatable bonds is 0. The lowest BCUT2D eigenvalue weighted by molar-refractivity contribution is 0.288. The van der Waals surface area contributed by atoms with Gasteiger partial charge in [-0.2, -0.15) is 0 Å². The van der Waals surface area contributed by atoms with Gasteiger partial charge in [-0.3, -0.25) is 4.79 Å². The van der Waals surface area contributed by atoms with Crippen LogP contribution >= 0.6 is 0 Å². The van der Waals surface area contributed by atoms with Crippen LogP contribution in [0.25, 0.3) is 28.0 Å². The monoisotopic (exact) mass is 306 g/mol. The van der Waals surface area contributed by atoms with Crippen molar-refractivity contribution in [2.75, 3.05) is 13.2 Å². The van der Waals surface area contributed by atoms with Crippen LogP contribution in [0.15, 0.2) is 39.6 Å². The average molecular weight is 306 g/mol. The SMILES string of the molecule is O=c1c2cc3c(cc2oc2c4c(ccc12)OCCC4)OCC=C3. The lowest BCUT2D eigenvalue weighted by atomic mass is 10.0. The number of ether oxygens (including phenoxy) is 2. The highest BCUT2D eigenvalue weighted by molar-refractivity contribution is 5.94. The zero-order valence-electron chi connectivity index (χ0n) is 12.4. The first-order chi connectivity index (χ1) is 11.3. The first-order valence-electron chi connectivity index (χ1n) is 7.80. The molecule has 0 saturated carbocycles. The van der Waals surface area contributed by atoms with Gasteiger partial charge in [0.25, 0.3) is 0 Å².